The summed E-state index contributed by atoms with van der Waals surface area (Å²) in [4.78, 5) is 0. The van der Waals surface area contributed by atoms with E-state index in [0.29, 0.717) is 6.42 Å². The second-order valence-electron chi connectivity index (χ2n) is 8.58. The van der Waals surface area contributed by atoms with Crippen LogP contribution in [0, 0.1) is 5.82 Å². The fourth-order valence-corrected chi connectivity index (χ4v) is 6.00. The summed E-state index contributed by atoms with van der Waals surface area (Å²) < 4.78 is 46.0. The quantitative estimate of drug-likeness (QED) is 0.575. The molecule has 0 radical (unpaired) electrons. The molecule has 1 aliphatic carbocycles. The third kappa shape index (κ3) is 4.78. The third-order valence-corrected chi connectivity index (χ3v) is 8.12. The van der Waals surface area contributed by atoms with Crippen molar-refractivity contribution in [2.45, 2.75) is 50.5 Å². The summed E-state index contributed by atoms with van der Waals surface area (Å²) >= 11 is 0. The van der Waals surface area contributed by atoms with Gasteiger partial charge in [0.25, 0.3) is 0 Å². The Morgan fingerprint density at radius 1 is 1.23 bits per heavy atom. The van der Waals surface area contributed by atoms with Crippen LogP contribution < -0.4 is 14.8 Å². The van der Waals surface area contributed by atoms with Crippen molar-refractivity contribution in [2.75, 3.05) is 25.4 Å². The largest absolute Gasteiger partial charge is 0.492 e. The first-order chi connectivity index (χ1) is 14.9. The number of benzene rings is 2. The summed E-state index contributed by atoms with van der Waals surface area (Å²) in [6, 6.07) is 13.3. The van der Waals surface area contributed by atoms with Gasteiger partial charge >= 0.3 is 0 Å². The minimum absolute atomic E-state index is 0.105. The first-order valence-corrected chi connectivity index (χ1v) is 12.8. The van der Waals surface area contributed by atoms with E-state index in [1.807, 2.05) is 19.1 Å². The molecule has 1 saturated carbocycles. The molecule has 0 spiro atoms. The van der Waals surface area contributed by atoms with Crippen molar-refractivity contribution in [1.29, 1.82) is 0 Å². The van der Waals surface area contributed by atoms with Crippen LogP contribution in [0.2, 0.25) is 0 Å². The van der Waals surface area contributed by atoms with Crippen LogP contribution in [0.1, 0.15) is 55.3 Å². The van der Waals surface area contributed by atoms with Crippen LogP contribution in [-0.2, 0) is 21.9 Å². The Balaban J connectivity index is 1.51. The van der Waals surface area contributed by atoms with Gasteiger partial charge in [-0.25, -0.2) is 17.5 Å². The molecule has 1 atom stereocenters. The van der Waals surface area contributed by atoms with Gasteiger partial charge in [-0.1, -0.05) is 31.5 Å². The highest BCUT2D eigenvalue weighted by Crippen LogP contribution is 2.53. The molecule has 2 aromatic carbocycles. The van der Waals surface area contributed by atoms with E-state index in [2.05, 4.69) is 22.2 Å². The van der Waals surface area contributed by atoms with Crippen LogP contribution in [0.3, 0.4) is 0 Å². The number of fused-ring (bicyclic) bond motifs is 1. The van der Waals surface area contributed by atoms with Crippen molar-refractivity contribution >= 4 is 10.0 Å². The standard InChI is InChI=1S/C24H31FN2O3S/c1-2-15-31(28,29)27-13-14-30-21-8-7-18-9-12-26-23(22(18)17-21)24(10-4-11-24)19-5-3-6-20(25)16-19/h3,5-8,16-17,23,26-27H,2,4,9-15H2,1H3. The van der Waals surface area contributed by atoms with Gasteiger partial charge in [0.2, 0.25) is 10.0 Å². The summed E-state index contributed by atoms with van der Waals surface area (Å²) in [5, 5.41) is 3.69. The predicted octanol–water partition coefficient (Wildman–Crippen LogP) is 3.84. The van der Waals surface area contributed by atoms with E-state index < -0.39 is 10.0 Å². The molecular weight excluding hydrogens is 415 g/mol. The SMILES string of the molecule is CCCS(=O)(=O)NCCOc1ccc2c(c1)C(C1(c3cccc(F)c3)CCC1)NCC2. The first-order valence-electron chi connectivity index (χ1n) is 11.2. The van der Waals surface area contributed by atoms with Gasteiger partial charge < -0.3 is 10.1 Å². The summed E-state index contributed by atoms with van der Waals surface area (Å²) in [5.41, 5.74) is 3.45. The molecular formula is C24H31FN2O3S. The monoisotopic (exact) mass is 446 g/mol. The number of halogens is 1. The molecule has 0 amide bonds. The van der Waals surface area contributed by atoms with Gasteiger partial charge in [0.1, 0.15) is 18.2 Å². The highest BCUT2D eigenvalue weighted by atomic mass is 32.2. The Hall–Kier alpha value is -1.96. The van der Waals surface area contributed by atoms with Crippen LogP contribution in [-0.4, -0.2) is 33.9 Å². The fourth-order valence-electron chi connectivity index (χ4n) is 4.92. The van der Waals surface area contributed by atoms with Crippen LogP contribution in [0.15, 0.2) is 42.5 Å². The van der Waals surface area contributed by atoms with Crippen LogP contribution in [0.4, 0.5) is 4.39 Å². The zero-order chi connectivity index (χ0) is 21.9. The van der Waals surface area contributed by atoms with Gasteiger partial charge in [-0.05, 0) is 73.2 Å². The van der Waals surface area contributed by atoms with E-state index >= 15 is 0 Å². The van der Waals surface area contributed by atoms with Crippen molar-refractivity contribution in [1.82, 2.24) is 10.0 Å². The maximum absolute atomic E-state index is 14.0. The van der Waals surface area contributed by atoms with Crippen LogP contribution >= 0.6 is 0 Å². The Kier molecular flexibility index (Phi) is 6.65. The number of hydrogen-bond donors (Lipinski definition) is 2. The average Bonchev–Trinajstić information content (AvgIpc) is 2.71. The molecule has 2 aromatic rings. The third-order valence-electron chi connectivity index (χ3n) is 6.53. The molecule has 2 aliphatic rings. The Morgan fingerprint density at radius 2 is 2.06 bits per heavy atom. The highest BCUT2D eigenvalue weighted by molar-refractivity contribution is 7.89. The molecule has 1 heterocycles. The summed E-state index contributed by atoms with van der Waals surface area (Å²) in [7, 11) is -3.23. The summed E-state index contributed by atoms with van der Waals surface area (Å²) in [5.74, 6) is 0.666. The molecule has 168 valence electrons. The first kappa shape index (κ1) is 22.2. The maximum atomic E-state index is 14.0. The molecule has 5 nitrogen and oxygen atoms in total. The number of nitrogens with one attached hydrogen (secondary N) is 2. The molecule has 0 saturated heterocycles. The van der Waals surface area contributed by atoms with E-state index in [-0.39, 0.29) is 36.2 Å². The predicted molar refractivity (Wildman–Crippen MR) is 120 cm³/mol. The maximum Gasteiger partial charge on any atom is 0.211 e. The van der Waals surface area contributed by atoms with E-state index in [9.17, 15) is 12.8 Å². The van der Waals surface area contributed by atoms with Gasteiger partial charge in [0.05, 0.1) is 5.75 Å². The second kappa shape index (κ2) is 9.27. The Morgan fingerprint density at radius 3 is 2.77 bits per heavy atom. The van der Waals surface area contributed by atoms with Gasteiger partial charge in [0, 0.05) is 18.0 Å². The molecule has 1 fully saturated rings. The van der Waals surface area contributed by atoms with E-state index in [1.165, 1.54) is 17.2 Å². The summed E-state index contributed by atoms with van der Waals surface area (Å²) in [6.07, 6.45) is 4.72. The van der Waals surface area contributed by atoms with E-state index in [0.717, 1.165) is 43.5 Å². The summed E-state index contributed by atoms with van der Waals surface area (Å²) in [6.45, 7) is 3.25. The number of hydrogen-bond acceptors (Lipinski definition) is 4. The Bertz CT molecular complexity index is 1020. The van der Waals surface area contributed by atoms with Gasteiger partial charge in [0.15, 0.2) is 0 Å². The zero-order valence-corrected chi connectivity index (χ0v) is 18.8. The normalized spacial score (nSPS) is 20.0. The lowest BCUT2D eigenvalue weighted by atomic mass is 9.58. The smallest absolute Gasteiger partial charge is 0.211 e. The number of rotatable bonds is 9. The lowest BCUT2D eigenvalue weighted by Gasteiger charge is -2.50. The van der Waals surface area contributed by atoms with Gasteiger partial charge in [-0.2, -0.15) is 0 Å². The molecule has 1 unspecified atom stereocenters. The van der Waals surface area contributed by atoms with Crippen molar-refractivity contribution in [2.24, 2.45) is 0 Å². The molecule has 4 rings (SSSR count). The van der Waals surface area contributed by atoms with Crippen LogP contribution in [0.25, 0.3) is 0 Å². The minimum atomic E-state index is -3.23. The topological polar surface area (TPSA) is 67.4 Å². The lowest BCUT2D eigenvalue weighted by molar-refractivity contribution is 0.164. The lowest BCUT2D eigenvalue weighted by Crippen LogP contribution is -2.49. The highest BCUT2D eigenvalue weighted by Gasteiger charge is 2.47. The van der Waals surface area contributed by atoms with Gasteiger partial charge in [-0.3, -0.25) is 0 Å². The molecule has 1 aliphatic heterocycles. The number of ether oxygens (including phenoxy) is 1. The van der Waals surface area contributed by atoms with E-state index in [1.54, 1.807) is 12.1 Å². The zero-order valence-electron chi connectivity index (χ0n) is 18.0. The molecule has 0 aromatic heterocycles. The number of sulfonamides is 1. The second-order valence-corrected chi connectivity index (χ2v) is 10.5. The minimum Gasteiger partial charge on any atom is -0.492 e. The van der Waals surface area contributed by atoms with Crippen molar-refractivity contribution in [3.63, 3.8) is 0 Å². The van der Waals surface area contributed by atoms with E-state index in [4.69, 9.17) is 4.74 Å². The van der Waals surface area contributed by atoms with Crippen LogP contribution in [0.5, 0.6) is 5.75 Å². The molecule has 0 bridgehead atoms. The van der Waals surface area contributed by atoms with Gasteiger partial charge in [-0.15, -0.1) is 0 Å². The molecule has 2 N–H and O–H groups in total. The van der Waals surface area contributed by atoms with Crippen molar-refractivity contribution in [3.8, 4) is 5.75 Å². The molecule has 31 heavy (non-hydrogen) atoms. The Labute approximate surface area is 184 Å². The fraction of sp³-hybridized carbons (Fsp3) is 0.500. The molecule has 7 heteroatoms. The van der Waals surface area contributed by atoms with Crippen molar-refractivity contribution < 1.29 is 17.5 Å². The average molecular weight is 447 g/mol. The van der Waals surface area contributed by atoms with Crippen molar-refractivity contribution in [3.05, 3.63) is 65.0 Å².